The van der Waals surface area contributed by atoms with Crippen LogP contribution in [0.1, 0.15) is 6.92 Å². The molecular formula is C9H14N2O6S. The summed E-state index contributed by atoms with van der Waals surface area (Å²) in [5.74, 6) is -1.71. The molecule has 0 saturated carbocycles. The summed E-state index contributed by atoms with van der Waals surface area (Å²) in [6.45, 7) is 6.95. The van der Waals surface area contributed by atoms with E-state index in [0.717, 1.165) is 12.2 Å². The van der Waals surface area contributed by atoms with Crippen LogP contribution in [0.15, 0.2) is 25.3 Å². The van der Waals surface area contributed by atoms with Gasteiger partial charge in [-0.3, -0.25) is 14.1 Å². The maximum absolute atomic E-state index is 11.1. The molecule has 0 bridgehead atoms. The van der Waals surface area contributed by atoms with Gasteiger partial charge >= 0.3 is 0 Å². The molecule has 0 aromatic heterocycles. The van der Waals surface area contributed by atoms with Crippen LogP contribution < -0.4 is 10.6 Å². The van der Waals surface area contributed by atoms with Gasteiger partial charge in [-0.2, -0.15) is 8.42 Å². The summed E-state index contributed by atoms with van der Waals surface area (Å²) in [5.41, 5.74) is 0. The van der Waals surface area contributed by atoms with Crippen molar-refractivity contribution < 1.29 is 27.7 Å². The summed E-state index contributed by atoms with van der Waals surface area (Å²) in [6, 6.07) is 0. The van der Waals surface area contributed by atoms with Gasteiger partial charge in [0.05, 0.1) is 0 Å². The Morgan fingerprint density at radius 3 is 1.78 bits per heavy atom. The van der Waals surface area contributed by atoms with Gasteiger partial charge in [-0.05, 0) is 19.1 Å². The average molecular weight is 278 g/mol. The fourth-order valence-electron chi connectivity index (χ4n) is 0.855. The van der Waals surface area contributed by atoms with E-state index in [4.69, 9.17) is 4.55 Å². The maximum atomic E-state index is 11.1. The van der Waals surface area contributed by atoms with Crippen molar-refractivity contribution in [3.8, 4) is 0 Å². The summed E-state index contributed by atoms with van der Waals surface area (Å²) in [6.07, 6.45) is -0.177. The number of rotatable bonds is 6. The van der Waals surface area contributed by atoms with Gasteiger partial charge in [-0.15, -0.1) is 0 Å². The highest BCUT2D eigenvalue weighted by molar-refractivity contribution is 7.87. The molecule has 18 heavy (non-hydrogen) atoms. The predicted molar refractivity (Wildman–Crippen MR) is 62.6 cm³/mol. The lowest BCUT2D eigenvalue weighted by Crippen LogP contribution is -2.63. The molecule has 0 aliphatic carbocycles. The SMILES string of the molecule is C=CC(=O)NC(NC(=O)C=C)C(C)(O)S(=O)(=O)O. The highest BCUT2D eigenvalue weighted by Crippen LogP contribution is 2.15. The number of aliphatic hydroxyl groups is 1. The molecule has 1 atom stereocenters. The van der Waals surface area contributed by atoms with Gasteiger partial charge in [0.1, 0.15) is 6.17 Å². The third kappa shape index (κ3) is 3.95. The molecule has 0 saturated heterocycles. The second-order valence-electron chi connectivity index (χ2n) is 3.39. The fourth-order valence-corrected chi connectivity index (χ4v) is 1.27. The van der Waals surface area contributed by atoms with E-state index in [9.17, 15) is 23.1 Å². The highest BCUT2D eigenvalue weighted by atomic mass is 32.2. The van der Waals surface area contributed by atoms with Gasteiger partial charge in [0, 0.05) is 0 Å². The van der Waals surface area contributed by atoms with E-state index < -0.39 is 33.0 Å². The van der Waals surface area contributed by atoms with E-state index in [2.05, 4.69) is 13.2 Å². The summed E-state index contributed by atoms with van der Waals surface area (Å²) >= 11 is 0. The third-order valence-corrected chi connectivity index (χ3v) is 3.28. The van der Waals surface area contributed by atoms with E-state index in [0.29, 0.717) is 6.92 Å². The molecule has 8 nitrogen and oxygen atoms in total. The molecule has 4 N–H and O–H groups in total. The Balaban J connectivity index is 5.32. The van der Waals surface area contributed by atoms with Crippen molar-refractivity contribution in [3.05, 3.63) is 25.3 Å². The zero-order chi connectivity index (χ0) is 14.6. The van der Waals surface area contributed by atoms with Crippen molar-refractivity contribution in [3.63, 3.8) is 0 Å². The van der Waals surface area contributed by atoms with Crippen LogP contribution in [0.5, 0.6) is 0 Å². The monoisotopic (exact) mass is 278 g/mol. The van der Waals surface area contributed by atoms with Gasteiger partial charge in [-0.25, -0.2) is 0 Å². The number of hydrogen-bond acceptors (Lipinski definition) is 5. The minimum Gasteiger partial charge on any atom is -0.370 e. The van der Waals surface area contributed by atoms with Crippen LogP contribution in [-0.4, -0.2) is 41.0 Å². The van der Waals surface area contributed by atoms with Crippen LogP contribution in [-0.2, 0) is 19.7 Å². The molecule has 0 fully saturated rings. The number of carbonyl (C=O) groups is 2. The summed E-state index contributed by atoms with van der Waals surface area (Å²) in [7, 11) is -4.95. The van der Waals surface area contributed by atoms with Gasteiger partial charge in [-0.1, -0.05) is 13.2 Å². The lowest BCUT2D eigenvalue weighted by Gasteiger charge is -2.30. The zero-order valence-electron chi connectivity index (χ0n) is 9.58. The van der Waals surface area contributed by atoms with Gasteiger partial charge < -0.3 is 15.7 Å². The standard InChI is InChI=1S/C9H14N2O6S/c1-4-6(12)10-8(11-7(13)5-2)9(3,14)18(15,16)17/h4-5,8,14H,1-2H2,3H3,(H,10,12)(H,11,13)(H,15,16,17). The molecule has 9 heteroatoms. The van der Waals surface area contributed by atoms with Crippen molar-refractivity contribution in [1.29, 1.82) is 0 Å². The number of carbonyl (C=O) groups excluding carboxylic acids is 2. The third-order valence-electron chi connectivity index (χ3n) is 2.00. The molecule has 102 valence electrons. The van der Waals surface area contributed by atoms with E-state index in [-0.39, 0.29) is 0 Å². The first-order valence-corrected chi connectivity index (χ1v) is 6.05. The predicted octanol–water partition coefficient (Wildman–Crippen LogP) is -1.49. The Labute approximate surface area is 104 Å². The van der Waals surface area contributed by atoms with E-state index in [1.165, 1.54) is 0 Å². The van der Waals surface area contributed by atoms with Crippen molar-refractivity contribution in [1.82, 2.24) is 10.6 Å². The Hall–Kier alpha value is -1.71. The first-order valence-electron chi connectivity index (χ1n) is 4.61. The molecule has 2 amide bonds. The lowest BCUT2D eigenvalue weighted by molar-refractivity contribution is -0.121. The van der Waals surface area contributed by atoms with Gasteiger partial charge in [0.15, 0.2) is 0 Å². The Morgan fingerprint density at radius 1 is 1.22 bits per heavy atom. The van der Waals surface area contributed by atoms with E-state index in [1.54, 1.807) is 0 Å². The first kappa shape index (κ1) is 16.3. The quantitative estimate of drug-likeness (QED) is 0.266. The van der Waals surface area contributed by atoms with Crippen molar-refractivity contribution in [2.75, 3.05) is 0 Å². The summed E-state index contributed by atoms with van der Waals surface area (Å²) in [4.78, 5) is 19.3. The summed E-state index contributed by atoms with van der Waals surface area (Å²) in [5, 5.41) is 13.6. The Kier molecular flexibility index (Phi) is 5.21. The molecule has 0 aliphatic rings. The molecule has 0 radical (unpaired) electrons. The Bertz CT molecular complexity index is 445. The van der Waals surface area contributed by atoms with Gasteiger partial charge in [0.25, 0.3) is 10.1 Å². The molecule has 0 aromatic carbocycles. The largest absolute Gasteiger partial charge is 0.370 e. The molecule has 0 aromatic rings. The van der Waals surface area contributed by atoms with Crippen LogP contribution >= 0.6 is 0 Å². The molecular weight excluding hydrogens is 264 g/mol. The zero-order valence-corrected chi connectivity index (χ0v) is 10.4. The van der Waals surface area contributed by atoms with Crippen LogP contribution in [0.3, 0.4) is 0 Å². The average Bonchev–Trinajstić information content (AvgIpc) is 2.25. The van der Waals surface area contributed by atoms with Gasteiger partial charge in [0.2, 0.25) is 16.7 Å². The maximum Gasteiger partial charge on any atom is 0.298 e. The van der Waals surface area contributed by atoms with Crippen molar-refractivity contribution in [2.45, 2.75) is 18.0 Å². The molecule has 0 aliphatic heterocycles. The second kappa shape index (κ2) is 5.76. The molecule has 0 spiro atoms. The topological polar surface area (TPSA) is 133 Å². The van der Waals surface area contributed by atoms with E-state index in [1.807, 2.05) is 10.6 Å². The first-order chi connectivity index (χ1) is 8.06. The second-order valence-corrected chi connectivity index (χ2v) is 5.16. The molecule has 0 heterocycles. The normalized spacial score (nSPS) is 14.4. The van der Waals surface area contributed by atoms with Crippen LogP contribution in [0, 0.1) is 0 Å². The number of nitrogens with one attached hydrogen (secondary N) is 2. The Morgan fingerprint density at radius 2 is 1.56 bits per heavy atom. The smallest absolute Gasteiger partial charge is 0.298 e. The highest BCUT2D eigenvalue weighted by Gasteiger charge is 2.45. The minimum atomic E-state index is -4.95. The van der Waals surface area contributed by atoms with E-state index >= 15 is 0 Å². The molecule has 0 rings (SSSR count). The van der Waals surface area contributed by atoms with Crippen LogP contribution in [0.2, 0.25) is 0 Å². The minimum absolute atomic E-state index is 0.708. The van der Waals surface area contributed by atoms with Crippen molar-refractivity contribution >= 4 is 21.9 Å². The van der Waals surface area contributed by atoms with Crippen molar-refractivity contribution in [2.24, 2.45) is 0 Å². The van der Waals surface area contributed by atoms with Crippen LogP contribution in [0.4, 0.5) is 0 Å². The fraction of sp³-hybridized carbons (Fsp3) is 0.333. The van der Waals surface area contributed by atoms with Crippen LogP contribution in [0.25, 0.3) is 0 Å². The number of hydrogen-bond donors (Lipinski definition) is 4. The summed E-state index contributed by atoms with van der Waals surface area (Å²) < 4.78 is 30.8. The number of amides is 2. The lowest BCUT2D eigenvalue weighted by atomic mass is 10.3. The molecule has 1 unspecified atom stereocenters.